The summed E-state index contributed by atoms with van der Waals surface area (Å²) in [5, 5.41) is 4.10. The fourth-order valence-corrected chi connectivity index (χ4v) is 4.42. The lowest BCUT2D eigenvalue weighted by Crippen LogP contribution is -2.53. The first-order chi connectivity index (χ1) is 13.5. The largest absolute Gasteiger partial charge is 0.339 e. The normalized spacial score (nSPS) is 23.5. The second kappa shape index (κ2) is 7.95. The number of carbonyl (C=O) groups is 1. The molecule has 2 aliphatic rings. The molecular weight excluding hydrogens is 356 g/mol. The van der Waals surface area contributed by atoms with Crippen LogP contribution in [0.25, 0.3) is 0 Å². The van der Waals surface area contributed by atoms with Crippen LogP contribution in [0.15, 0.2) is 16.9 Å². The van der Waals surface area contributed by atoms with Crippen molar-refractivity contribution >= 4 is 5.91 Å². The van der Waals surface area contributed by atoms with E-state index < -0.39 is 0 Å². The van der Waals surface area contributed by atoms with Crippen LogP contribution in [0.5, 0.6) is 0 Å². The Bertz CT molecular complexity index is 820. The van der Waals surface area contributed by atoms with Gasteiger partial charge in [0.05, 0.1) is 30.7 Å². The Morgan fingerprint density at radius 1 is 1.18 bits per heavy atom. The van der Waals surface area contributed by atoms with Crippen LogP contribution in [-0.4, -0.2) is 55.4 Å². The summed E-state index contributed by atoms with van der Waals surface area (Å²) in [4.78, 5) is 30.1. The van der Waals surface area contributed by atoms with Crippen molar-refractivity contribution in [2.75, 3.05) is 19.6 Å². The van der Waals surface area contributed by atoms with Crippen LogP contribution in [0.2, 0.25) is 0 Å². The zero-order chi connectivity index (χ0) is 19.6. The average Bonchev–Trinajstić information content (AvgIpc) is 3.14. The van der Waals surface area contributed by atoms with Crippen molar-refractivity contribution in [1.82, 2.24) is 29.9 Å². The Labute approximate surface area is 165 Å². The summed E-state index contributed by atoms with van der Waals surface area (Å²) in [5.41, 5.74) is 1.88. The maximum atomic E-state index is 12.5. The summed E-state index contributed by atoms with van der Waals surface area (Å²) in [6.07, 6.45) is 8.14. The fraction of sp³-hybridized carbons (Fsp3) is 0.650. The van der Waals surface area contributed by atoms with Crippen molar-refractivity contribution in [2.24, 2.45) is 5.41 Å². The molecule has 0 N–H and O–H groups in total. The molecule has 4 heterocycles. The highest BCUT2D eigenvalue weighted by Gasteiger charge is 2.41. The molecule has 2 aromatic rings. The zero-order valence-corrected chi connectivity index (χ0v) is 16.7. The molecule has 1 atom stereocenters. The molecule has 28 heavy (non-hydrogen) atoms. The molecule has 1 unspecified atom stereocenters. The molecule has 2 saturated heterocycles. The van der Waals surface area contributed by atoms with E-state index in [-0.39, 0.29) is 11.3 Å². The second-order valence-electron chi connectivity index (χ2n) is 8.17. The van der Waals surface area contributed by atoms with Gasteiger partial charge in [-0.25, -0.2) is 0 Å². The first-order valence-corrected chi connectivity index (χ1v) is 10.1. The Morgan fingerprint density at radius 3 is 2.82 bits per heavy atom. The summed E-state index contributed by atoms with van der Waals surface area (Å²) in [6, 6.07) is 0. The first-order valence-electron chi connectivity index (χ1n) is 10.1. The highest BCUT2D eigenvalue weighted by Crippen LogP contribution is 2.39. The van der Waals surface area contributed by atoms with E-state index >= 15 is 0 Å². The number of nitrogens with zero attached hydrogens (tertiary/aromatic N) is 6. The highest BCUT2D eigenvalue weighted by molar-refractivity contribution is 5.77. The van der Waals surface area contributed by atoms with Crippen LogP contribution in [0.3, 0.4) is 0 Å². The predicted octanol–water partition coefficient (Wildman–Crippen LogP) is 2.14. The summed E-state index contributed by atoms with van der Waals surface area (Å²) in [5.74, 6) is 1.67. The van der Waals surface area contributed by atoms with Gasteiger partial charge >= 0.3 is 0 Å². The number of amides is 1. The molecule has 0 saturated carbocycles. The number of hydrogen-bond acceptors (Lipinski definition) is 7. The topological polar surface area (TPSA) is 88.3 Å². The number of hydrogen-bond donors (Lipinski definition) is 0. The minimum atomic E-state index is 0.140. The minimum absolute atomic E-state index is 0.140. The van der Waals surface area contributed by atoms with Crippen molar-refractivity contribution in [1.29, 1.82) is 0 Å². The van der Waals surface area contributed by atoms with Gasteiger partial charge in [-0.2, -0.15) is 4.98 Å². The van der Waals surface area contributed by atoms with Gasteiger partial charge < -0.3 is 9.42 Å². The van der Waals surface area contributed by atoms with Crippen LogP contribution >= 0.6 is 0 Å². The van der Waals surface area contributed by atoms with Crippen molar-refractivity contribution in [2.45, 2.75) is 59.0 Å². The van der Waals surface area contributed by atoms with E-state index in [9.17, 15) is 4.79 Å². The third-order valence-electron chi connectivity index (χ3n) is 5.85. The Morgan fingerprint density at radius 2 is 2.07 bits per heavy atom. The number of likely N-dealkylation sites (tertiary alicyclic amines) is 2. The number of piperidine rings is 2. The molecule has 2 aliphatic heterocycles. The molecule has 150 valence electrons. The molecule has 0 aromatic carbocycles. The van der Waals surface area contributed by atoms with Gasteiger partial charge in [0.1, 0.15) is 0 Å². The smallest absolute Gasteiger partial charge is 0.226 e. The second-order valence-corrected chi connectivity index (χ2v) is 8.17. The fourth-order valence-electron chi connectivity index (χ4n) is 4.42. The molecule has 0 radical (unpaired) electrons. The lowest BCUT2D eigenvalue weighted by atomic mass is 9.73. The van der Waals surface area contributed by atoms with Crippen LogP contribution in [0.4, 0.5) is 0 Å². The maximum absolute atomic E-state index is 12.5. The van der Waals surface area contributed by atoms with Crippen LogP contribution in [-0.2, 0) is 24.3 Å². The number of rotatable bonds is 5. The molecular formula is C20H28N6O2. The monoisotopic (exact) mass is 384 g/mol. The summed E-state index contributed by atoms with van der Waals surface area (Å²) in [7, 11) is 0. The SMILES string of the molecule is CCc1nc(CN2CCCC3(CCC(=O)N(Cc4cnc(C)cn4)C3)C2)no1. The third-order valence-corrected chi connectivity index (χ3v) is 5.85. The van der Waals surface area contributed by atoms with E-state index in [1.807, 2.05) is 18.7 Å². The van der Waals surface area contributed by atoms with Gasteiger partial charge in [-0.3, -0.25) is 19.7 Å². The number of aryl methyl sites for hydroxylation is 2. The Kier molecular flexibility index (Phi) is 5.39. The highest BCUT2D eigenvalue weighted by atomic mass is 16.5. The van der Waals surface area contributed by atoms with E-state index in [0.29, 0.717) is 25.4 Å². The van der Waals surface area contributed by atoms with Gasteiger partial charge in [0.15, 0.2) is 5.82 Å². The van der Waals surface area contributed by atoms with E-state index in [1.165, 1.54) is 0 Å². The molecule has 1 spiro atoms. The number of carbonyl (C=O) groups excluding carboxylic acids is 1. The summed E-state index contributed by atoms with van der Waals surface area (Å²) >= 11 is 0. The van der Waals surface area contributed by atoms with Crippen molar-refractivity contribution in [3.63, 3.8) is 0 Å². The summed E-state index contributed by atoms with van der Waals surface area (Å²) < 4.78 is 5.24. The molecule has 8 heteroatoms. The molecule has 0 aliphatic carbocycles. The van der Waals surface area contributed by atoms with E-state index in [4.69, 9.17) is 4.52 Å². The van der Waals surface area contributed by atoms with Gasteiger partial charge in [0, 0.05) is 37.5 Å². The van der Waals surface area contributed by atoms with Crippen LogP contribution in [0.1, 0.15) is 55.7 Å². The molecule has 1 amide bonds. The van der Waals surface area contributed by atoms with Gasteiger partial charge in [-0.15, -0.1) is 0 Å². The van der Waals surface area contributed by atoms with E-state index in [1.54, 1.807) is 12.4 Å². The number of aromatic nitrogens is 4. The molecule has 2 aromatic heterocycles. The van der Waals surface area contributed by atoms with Crippen molar-refractivity contribution in [3.05, 3.63) is 35.5 Å². The standard InChI is InChI=1S/C20H28N6O2/c1-3-18-23-17(24-28-18)12-25-8-4-6-20(13-25)7-5-19(27)26(14-20)11-16-10-21-15(2)9-22-16/h9-10H,3-8,11-14H2,1-2H3. The maximum Gasteiger partial charge on any atom is 0.226 e. The molecule has 2 fully saturated rings. The lowest BCUT2D eigenvalue weighted by molar-refractivity contribution is -0.140. The van der Waals surface area contributed by atoms with Crippen molar-refractivity contribution in [3.8, 4) is 0 Å². The van der Waals surface area contributed by atoms with E-state index in [0.717, 1.165) is 62.5 Å². The Hall–Kier alpha value is -2.35. The molecule has 8 nitrogen and oxygen atoms in total. The molecule has 4 rings (SSSR count). The first kappa shape index (κ1) is 19.0. The van der Waals surface area contributed by atoms with Gasteiger partial charge in [0.2, 0.25) is 11.8 Å². The average molecular weight is 384 g/mol. The van der Waals surface area contributed by atoms with Gasteiger partial charge in [0.25, 0.3) is 0 Å². The zero-order valence-electron chi connectivity index (χ0n) is 16.7. The van der Waals surface area contributed by atoms with E-state index in [2.05, 4.69) is 25.0 Å². The van der Waals surface area contributed by atoms with Gasteiger partial charge in [-0.1, -0.05) is 12.1 Å². The molecule has 0 bridgehead atoms. The third kappa shape index (κ3) is 4.22. The van der Waals surface area contributed by atoms with Crippen LogP contribution in [0, 0.1) is 12.3 Å². The van der Waals surface area contributed by atoms with Crippen molar-refractivity contribution < 1.29 is 9.32 Å². The quantitative estimate of drug-likeness (QED) is 0.780. The lowest BCUT2D eigenvalue weighted by Gasteiger charge is -2.48. The van der Waals surface area contributed by atoms with Gasteiger partial charge in [-0.05, 0) is 32.7 Å². The summed E-state index contributed by atoms with van der Waals surface area (Å²) in [6.45, 7) is 7.97. The minimum Gasteiger partial charge on any atom is -0.339 e. The Balaban J connectivity index is 1.42. The predicted molar refractivity (Wildman–Crippen MR) is 102 cm³/mol. The van der Waals surface area contributed by atoms with Crippen LogP contribution < -0.4 is 0 Å².